The summed E-state index contributed by atoms with van der Waals surface area (Å²) in [5.74, 6) is 0.413. The van der Waals surface area contributed by atoms with Crippen molar-refractivity contribution in [3.8, 4) is 0 Å². The lowest BCUT2D eigenvalue weighted by molar-refractivity contribution is 0.0822. The third-order valence-corrected chi connectivity index (χ3v) is 2.96. The predicted octanol–water partition coefficient (Wildman–Crippen LogP) is 0.578. The van der Waals surface area contributed by atoms with Crippen molar-refractivity contribution in [2.45, 2.75) is 18.8 Å². The molecule has 2 heterocycles. The minimum absolute atomic E-state index is 0.0498. The Balaban J connectivity index is 2.09. The van der Waals surface area contributed by atoms with E-state index >= 15 is 0 Å². The molecule has 0 aliphatic carbocycles. The summed E-state index contributed by atoms with van der Waals surface area (Å²) >= 11 is 0. The van der Waals surface area contributed by atoms with Gasteiger partial charge < -0.3 is 10.2 Å². The highest BCUT2D eigenvalue weighted by atomic mass is 16.2. The lowest BCUT2D eigenvalue weighted by Crippen LogP contribution is -2.28. The van der Waals surface area contributed by atoms with Crippen LogP contribution < -0.4 is 5.32 Å². The third-order valence-electron chi connectivity index (χ3n) is 2.96. The quantitative estimate of drug-likeness (QED) is 0.769. The van der Waals surface area contributed by atoms with E-state index in [1.807, 2.05) is 6.07 Å². The summed E-state index contributed by atoms with van der Waals surface area (Å²) < 4.78 is 0. The molecule has 1 amide bonds. The fourth-order valence-electron chi connectivity index (χ4n) is 2.00. The lowest BCUT2D eigenvalue weighted by atomic mass is 9.96. The SMILES string of the molecule is CN(C)C(=O)c1cc([C@H]2CCCNC2)[nH]n1. The van der Waals surface area contributed by atoms with Crippen molar-refractivity contribution < 1.29 is 4.79 Å². The minimum atomic E-state index is -0.0498. The normalized spacial score (nSPS) is 20.8. The van der Waals surface area contributed by atoms with Crippen molar-refractivity contribution in [1.29, 1.82) is 0 Å². The summed E-state index contributed by atoms with van der Waals surface area (Å²) in [6.45, 7) is 2.06. The van der Waals surface area contributed by atoms with Gasteiger partial charge in [-0.15, -0.1) is 0 Å². The van der Waals surface area contributed by atoms with Crippen LogP contribution in [0.25, 0.3) is 0 Å². The van der Waals surface area contributed by atoms with Crippen LogP contribution in [0.15, 0.2) is 6.07 Å². The van der Waals surface area contributed by atoms with Crippen LogP contribution in [0, 0.1) is 0 Å². The molecular weight excluding hydrogens is 204 g/mol. The molecule has 1 aliphatic heterocycles. The highest BCUT2D eigenvalue weighted by Gasteiger charge is 2.19. The lowest BCUT2D eigenvalue weighted by Gasteiger charge is -2.21. The predicted molar refractivity (Wildman–Crippen MR) is 61.4 cm³/mol. The van der Waals surface area contributed by atoms with Gasteiger partial charge in [0.2, 0.25) is 0 Å². The summed E-state index contributed by atoms with van der Waals surface area (Å²) in [4.78, 5) is 13.2. The highest BCUT2D eigenvalue weighted by molar-refractivity contribution is 5.91. The number of nitrogens with one attached hydrogen (secondary N) is 2. The van der Waals surface area contributed by atoms with Gasteiger partial charge in [-0.2, -0.15) is 5.10 Å². The monoisotopic (exact) mass is 222 g/mol. The maximum atomic E-state index is 11.7. The van der Waals surface area contributed by atoms with Crippen molar-refractivity contribution >= 4 is 5.91 Å². The standard InChI is InChI=1S/C11H18N4O/c1-15(2)11(16)10-6-9(13-14-10)8-4-3-5-12-7-8/h6,8,12H,3-5,7H2,1-2H3,(H,13,14)/t8-/m0/s1. The topological polar surface area (TPSA) is 61.0 Å². The molecule has 1 aliphatic rings. The third kappa shape index (κ3) is 2.24. The first-order valence-corrected chi connectivity index (χ1v) is 5.66. The van der Waals surface area contributed by atoms with E-state index in [4.69, 9.17) is 0 Å². The molecule has 5 heteroatoms. The van der Waals surface area contributed by atoms with E-state index in [2.05, 4.69) is 15.5 Å². The summed E-state index contributed by atoms with van der Waals surface area (Å²) in [5, 5.41) is 10.4. The minimum Gasteiger partial charge on any atom is -0.343 e. The van der Waals surface area contributed by atoms with Gasteiger partial charge in [-0.05, 0) is 25.5 Å². The molecule has 0 spiro atoms. The maximum absolute atomic E-state index is 11.7. The number of aromatic nitrogens is 2. The molecule has 1 aromatic heterocycles. The van der Waals surface area contributed by atoms with E-state index in [1.54, 1.807) is 19.0 Å². The first-order chi connectivity index (χ1) is 7.68. The van der Waals surface area contributed by atoms with E-state index in [1.165, 1.54) is 6.42 Å². The van der Waals surface area contributed by atoms with Crippen LogP contribution in [-0.2, 0) is 0 Å². The summed E-state index contributed by atoms with van der Waals surface area (Å²) in [6.07, 6.45) is 2.34. The molecule has 0 saturated carbocycles. The van der Waals surface area contributed by atoms with Crippen LogP contribution in [0.5, 0.6) is 0 Å². The van der Waals surface area contributed by atoms with Gasteiger partial charge in [-0.3, -0.25) is 9.89 Å². The van der Waals surface area contributed by atoms with Crippen molar-refractivity contribution in [2.75, 3.05) is 27.2 Å². The van der Waals surface area contributed by atoms with E-state index in [0.717, 1.165) is 25.2 Å². The molecule has 2 rings (SSSR count). The molecule has 0 unspecified atom stereocenters. The Hall–Kier alpha value is -1.36. The number of hydrogen-bond acceptors (Lipinski definition) is 3. The molecule has 88 valence electrons. The molecule has 0 bridgehead atoms. The van der Waals surface area contributed by atoms with Crippen LogP contribution in [0.2, 0.25) is 0 Å². The summed E-state index contributed by atoms with van der Waals surface area (Å²) in [6, 6.07) is 1.88. The van der Waals surface area contributed by atoms with Gasteiger partial charge >= 0.3 is 0 Å². The second-order valence-corrected chi connectivity index (χ2v) is 4.45. The van der Waals surface area contributed by atoms with E-state index in [0.29, 0.717) is 11.6 Å². The van der Waals surface area contributed by atoms with Crippen LogP contribution >= 0.6 is 0 Å². The first-order valence-electron chi connectivity index (χ1n) is 5.66. The second-order valence-electron chi connectivity index (χ2n) is 4.45. The van der Waals surface area contributed by atoms with Gasteiger partial charge in [-0.1, -0.05) is 0 Å². The maximum Gasteiger partial charge on any atom is 0.273 e. The van der Waals surface area contributed by atoms with Gasteiger partial charge in [0.05, 0.1) is 0 Å². The average molecular weight is 222 g/mol. The zero-order chi connectivity index (χ0) is 11.5. The van der Waals surface area contributed by atoms with Crippen molar-refractivity contribution in [2.24, 2.45) is 0 Å². The van der Waals surface area contributed by atoms with Crippen LogP contribution in [-0.4, -0.2) is 48.2 Å². The van der Waals surface area contributed by atoms with Crippen molar-refractivity contribution in [3.05, 3.63) is 17.5 Å². The molecule has 0 radical (unpaired) electrons. The Bertz CT molecular complexity index is 366. The Kier molecular flexibility index (Phi) is 3.24. The number of nitrogens with zero attached hydrogens (tertiary/aromatic N) is 2. The van der Waals surface area contributed by atoms with Crippen molar-refractivity contribution in [3.63, 3.8) is 0 Å². The Morgan fingerprint density at radius 3 is 3.00 bits per heavy atom. The number of amides is 1. The van der Waals surface area contributed by atoms with Crippen LogP contribution in [0.3, 0.4) is 0 Å². The van der Waals surface area contributed by atoms with E-state index in [9.17, 15) is 4.79 Å². The number of piperidine rings is 1. The van der Waals surface area contributed by atoms with Gasteiger partial charge in [0.1, 0.15) is 5.69 Å². The zero-order valence-electron chi connectivity index (χ0n) is 9.79. The van der Waals surface area contributed by atoms with E-state index in [-0.39, 0.29) is 5.91 Å². The van der Waals surface area contributed by atoms with Gasteiger partial charge in [0.25, 0.3) is 5.91 Å². The molecule has 1 atom stereocenters. The second kappa shape index (κ2) is 4.65. The number of hydrogen-bond donors (Lipinski definition) is 2. The molecular formula is C11H18N4O. The number of aromatic amines is 1. The molecule has 16 heavy (non-hydrogen) atoms. The smallest absolute Gasteiger partial charge is 0.273 e. The molecule has 2 N–H and O–H groups in total. The van der Waals surface area contributed by atoms with Crippen molar-refractivity contribution in [1.82, 2.24) is 20.4 Å². The molecule has 5 nitrogen and oxygen atoms in total. The fraction of sp³-hybridized carbons (Fsp3) is 0.636. The molecule has 1 fully saturated rings. The first kappa shape index (κ1) is 11.1. The van der Waals surface area contributed by atoms with Gasteiger partial charge in [-0.25, -0.2) is 0 Å². The summed E-state index contributed by atoms with van der Waals surface area (Å²) in [7, 11) is 3.47. The zero-order valence-corrected chi connectivity index (χ0v) is 9.79. The average Bonchev–Trinajstić information content (AvgIpc) is 2.78. The van der Waals surface area contributed by atoms with E-state index < -0.39 is 0 Å². The molecule has 0 aromatic carbocycles. The number of carbonyl (C=O) groups excluding carboxylic acids is 1. The largest absolute Gasteiger partial charge is 0.343 e. The Labute approximate surface area is 95.2 Å². The molecule has 1 saturated heterocycles. The van der Waals surface area contributed by atoms with Crippen LogP contribution in [0.1, 0.15) is 34.9 Å². The van der Waals surface area contributed by atoms with Gasteiger partial charge in [0.15, 0.2) is 0 Å². The summed E-state index contributed by atoms with van der Waals surface area (Å²) in [5.41, 5.74) is 1.57. The molecule has 1 aromatic rings. The number of H-pyrrole nitrogens is 1. The Morgan fingerprint density at radius 2 is 2.38 bits per heavy atom. The fourth-order valence-corrected chi connectivity index (χ4v) is 2.00. The highest BCUT2D eigenvalue weighted by Crippen LogP contribution is 2.21. The Morgan fingerprint density at radius 1 is 1.56 bits per heavy atom. The number of carbonyl (C=O) groups is 1. The number of rotatable bonds is 2. The van der Waals surface area contributed by atoms with Crippen LogP contribution in [0.4, 0.5) is 0 Å². The van der Waals surface area contributed by atoms with Gasteiger partial charge in [0, 0.05) is 32.3 Å².